The van der Waals surface area contributed by atoms with Gasteiger partial charge in [-0.2, -0.15) is 0 Å². The van der Waals surface area contributed by atoms with E-state index in [9.17, 15) is 4.79 Å². The predicted octanol–water partition coefficient (Wildman–Crippen LogP) is 5.41. The molecule has 0 aliphatic rings. The van der Waals surface area contributed by atoms with Gasteiger partial charge in [-0.05, 0) is 43.7 Å². The first-order valence-electron chi connectivity index (χ1n) is 8.65. The van der Waals surface area contributed by atoms with E-state index in [1.807, 2.05) is 55.5 Å². The third-order valence-electron chi connectivity index (χ3n) is 4.42. The summed E-state index contributed by atoms with van der Waals surface area (Å²) in [5, 5.41) is 3.73. The van der Waals surface area contributed by atoms with Crippen LogP contribution in [0.15, 0.2) is 60.7 Å². The Morgan fingerprint density at radius 3 is 2.52 bits per heavy atom. The minimum absolute atomic E-state index is 0.210. The van der Waals surface area contributed by atoms with Gasteiger partial charge < -0.3 is 11.1 Å². The number of aryl methyl sites for hydroxylation is 2. The number of thiophene rings is 1. The SMILES string of the molecule is Cc1ccc(-c2ccc3c(N)c(C(=O)Nc4cccc(C)c4)sc3n2)cc1. The topological polar surface area (TPSA) is 68.0 Å². The van der Waals surface area contributed by atoms with Crippen molar-refractivity contribution in [3.05, 3.63) is 76.7 Å². The quantitative estimate of drug-likeness (QED) is 0.504. The summed E-state index contributed by atoms with van der Waals surface area (Å²) in [5.74, 6) is -0.210. The monoisotopic (exact) mass is 373 g/mol. The molecule has 0 bridgehead atoms. The fraction of sp³-hybridized carbons (Fsp3) is 0.0909. The number of hydrogen-bond acceptors (Lipinski definition) is 4. The van der Waals surface area contributed by atoms with Gasteiger partial charge in [-0.1, -0.05) is 42.0 Å². The van der Waals surface area contributed by atoms with Crippen LogP contribution in [0.3, 0.4) is 0 Å². The highest BCUT2D eigenvalue weighted by Gasteiger charge is 2.18. The van der Waals surface area contributed by atoms with Gasteiger partial charge in [0.05, 0.1) is 11.4 Å². The Hall–Kier alpha value is -3.18. The van der Waals surface area contributed by atoms with Gasteiger partial charge in [-0.3, -0.25) is 4.79 Å². The summed E-state index contributed by atoms with van der Waals surface area (Å²) in [6.07, 6.45) is 0. The van der Waals surface area contributed by atoms with Crippen LogP contribution in [0.2, 0.25) is 0 Å². The van der Waals surface area contributed by atoms with Crippen molar-refractivity contribution in [3.63, 3.8) is 0 Å². The first kappa shape index (κ1) is 17.2. The number of nitrogens with two attached hydrogens (primary N) is 1. The second-order valence-corrected chi connectivity index (χ2v) is 7.58. The van der Waals surface area contributed by atoms with E-state index in [4.69, 9.17) is 10.7 Å². The van der Waals surface area contributed by atoms with Gasteiger partial charge in [0.1, 0.15) is 9.71 Å². The van der Waals surface area contributed by atoms with E-state index in [-0.39, 0.29) is 5.91 Å². The lowest BCUT2D eigenvalue weighted by Gasteiger charge is -2.05. The summed E-state index contributed by atoms with van der Waals surface area (Å²) in [7, 11) is 0. The molecule has 0 aliphatic carbocycles. The second kappa shape index (κ2) is 6.85. The highest BCUT2D eigenvalue weighted by Crippen LogP contribution is 2.34. The van der Waals surface area contributed by atoms with Crippen molar-refractivity contribution in [2.75, 3.05) is 11.1 Å². The minimum atomic E-state index is -0.210. The van der Waals surface area contributed by atoms with Gasteiger partial charge in [0.25, 0.3) is 5.91 Å². The van der Waals surface area contributed by atoms with Crippen LogP contribution in [0.1, 0.15) is 20.8 Å². The fourth-order valence-electron chi connectivity index (χ4n) is 2.96. The van der Waals surface area contributed by atoms with Gasteiger partial charge in [-0.25, -0.2) is 4.98 Å². The third kappa shape index (κ3) is 3.41. The first-order chi connectivity index (χ1) is 13.0. The smallest absolute Gasteiger partial charge is 0.267 e. The standard InChI is InChI=1S/C22H19N3OS/c1-13-6-8-15(9-7-13)18-11-10-17-19(23)20(27-22(17)25-18)21(26)24-16-5-3-4-14(2)12-16/h3-12H,23H2,1-2H3,(H,24,26). The van der Waals surface area contributed by atoms with Crippen molar-refractivity contribution in [2.24, 2.45) is 0 Å². The molecule has 5 heteroatoms. The van der Waals surface area contributed by atoms with Crippen LogP contribution in [0.25, 0.3) is 21.5 Å². The number of benzene rings is 2. The molecule has 2 aromatic carbocycles. The van der Waals surface area contributed by atoms with Crippen LogP contribution in [-0.4, -0.2) is 10.9 Å². The van der Waals surface area contributed by atoms with Crippen LogP contribution in [0.5, 0.6) is 0 Å². The molecule has 0 fully saturated rings. The summed E-state index contributed by atoms with van der Waals surface area (Å²) in [6, 6.07) is 19.8. The molecule has 0 unspecified atom stereocenters. The van der Waals surface area contributed by atoms with Gasteiger partial charge in [0.2, 0.25) is 0 Å². The van der Waals surface area contributed by atoms with Crippen molar-refractivity contribution in [1.29, 1.82) is 0 Å². The van der Waals surface area contributed by atoms with Crippen LogP contribution in [0, 0.1) is 13.8 Å². The van der Waals surface area contributed by atoms with E-state index in [0.29, 0.717) is 10.6 Å². The zero-order valence-electron chi connectivity index (χ0n) is 15.1. The van der Waals surface area contributed by atoms with E-state index in [2.05, 4.69) is 24.4 Å². The molecule has 4 nitrogen and oxygen atoms in total. The van der Waals surface area contributed by atoms with E-state index in [1.54, 1.807) is 0 Å². The number of aromatic nitrogens is 1. The lowest BCUT2D eigenvalue weighted by molar-refractivity contribution is 0.103. The maximum atomic E-state index is 12.7. The highest BCUT2D eigenvalue weighted by atomic mass is 32.1. The van der Waals surface area contributed by atoms with Crippen LogP contribution in [-0.2, 0) is 0 Å². The number of rotatable bonds is 3. The Labute approximate surface area is 161 Å². The van der Waals surface area contributed by atoms with Crippen molar-refractivity contribution in [1.82, 2.24) is 4.98 Å². The lowest BCUT2D eigenvalue weighted by Crippen LogP contribution is -2.11. The molecule has 0 spiro atoms. The minimum Gasteiger partial charge on any atom is -0.397 e. The Bertz CT molecular complexity index is 1150. The normalized spacial score (nSPS) is 10.9. The molecule has 0 saturated carbocycles. The molecule has 0 saturated heterocycles. The second-order valence-electron chi connectivity index (χ2n) is 6.58. The number of pyridine rings is 1. The maximum absolute atomic E-state index is 12.7. The van der Waals surface area contributed by atoms with Gasteiger partial charge in [0.15, 0.2) is 0 Å². The zero-order valence-corrected chi connectivity index (χ0v) is 15.9. The Kier molecular flexibility index (Phi) is 4.38. The third-order valence-corrected chi connectivity index (χ3v) is 5.54. The predicted molar refractivity (Wildman–Crippen MR) is 113 cm³/mol. The molecule has 0 atom stereocenters. The van der Waals surface area contributed by atoms with Crippen molar-refractivity contribution >= 4 is 38.8 Å². The number of nitrogen functional groups attached to an aromatic ring is 1. The van der Waals surface area contributed by atoms with Gasteiger partial charge in [-0.15, -0.1) is 11.3 Å². The molecule has 4 rings (SSSR count). The molecule has 3 N–H and O–H groups in total. The van der Waals surface area contributed by atoms with Gasteiger partial charge >= 0.3 is 0 Å². The van der Waals surface area contributed by atoms with Crippen LogP contribution in [0.4, 0.5) is 11.4 Å². The van der Waals surface area contributed by atoms with Crippen molar-refractivity contribution in [2.45, 2.75) is 13.8 Å². The molecule has 1 amide bonds. The molecule has 2 aromatic heterocycles. The van der Waals surface area contributed by atoms with E-state index >= 15 is 0 Å². The molecular formula is C22H19N3OS. The number of carbonyl (C=O) groups is 1. The molecule has 2 heterocycles. The average Bonchev–Trinajstić information content (AvgIpc) is 2.99. The maximum Gasteiger partial charge on any atom is 0.267 e. The number of hydrogen-bond donors (Lipinski definition) is 2. The van der Waals surface area contributed by atoms with Crippen LogP contribution >= 0.6 is 11.3 Å². The number of nitrogens with one attached hydrogen (secondary N) is 1. The fourth-order valence-corrected chi connectivity index (χ4v) is 3.95. The average molecular weight is 373 g/mol. The Morgan fingerprint density at radius 2 is 1.78 bits per heavy atom. The first-order valence-corrected chi connectivity index (χ1v) is 9.47. The van der Waals surface area contributed by atoms with Crippen molar-refractivity contribution in [3.8, 4) is 11.3 Å². The molecule has 27 heavy (non-hydrogen) atoms. The van der Waals surface area contributed by atoms with E-state index in [0.717, 1.165) is 32.7 Å². The van der Waals surface area contributed by atoms with E-state index in [1.165, 1.54) is 16.9 Å². The summed E-state index contributed by atoms with van der Waals surface area (Å²) in [4.78, 5) is 18.7. The number of carbonyl (C=O) groups excluding carboxylic acids is 1. The van der Waals surface area contributed by atoms with Crippen LogP contribution < -0.4 is 11.1 Å². The van der Waals surface area contributed by atoms with Gasteiger partial charge in [0, 0.05) is 16.6 Å². The summed E-state index contributed by atoms with van der Waals surface area (Å²) in [5.41, 5.74) is 11.7. The highest BCUT2D eigenvalue weighted by molar-refractivity contribution is 7.21. The molecule has 4 aromatic rings. The molecule has 0 radical (unpaired) electrons. The lowest BCUT2D eigenvalue weighted by atomic mass is 10.1. The number of anilines is 2. The summed E-state index contributed by atoms with van der Waals surface area (Å²) >= 11 is 1.32. The summed E-state index contributed by atoms with van der Waals surface area (Å²) in [6.45, 7) is 4.04. The number of nitrogens with zero attached hydrogens (tertiary/aromatic N) is 1. The Morgan fingerprint density at radius 1 is 1.00 bits per heavy atom. The Balaban J connectivity index is 1.68. The van der Waals surface area contributed by atoms with E-state index < -0.39 is 0 Å². The number of fused-ring (bicyclic) bond motifs is 1. The molecule has 0 aliphatic heterocycles. The van der Waals surface area contributed by atoms with Crippen molar-refractivity contribution < 1.29 is 4.79 Å². The molecule has 134 valence electrons. The zero-order chi connectivity index (χ0) is 19.0. The summed E-state index contributed by atoms with van der Waals surface area (Å²) < 4.78 is 0. The largest absolute Gasteiger partial charge is 0.397 e. The number of amides is 1. The molecular weight excluding hydrogens is 354 g/mol.